The Morgan fingerprint density at radius 3 is 2.33 bits per heavy atom. The maximum Gasteiger partial charge on any atom is 0.277 e. The Morgan fingerprint density at radius 2 is 1.69 bits per heavy atom. The van der Waals surface area contributed by atoms with Gasteiger partial charge >= 0.3 is 0 Å². The third kappa shape index (κ3) is 3.40. The zero-order chi connectivity index (χ0) is 26.3. The number of benzene rings is 2. The van der Waals surface area contributed by atoms with Crippen LogP contribution in [0.1, 0.15) is 34.1 Å². The minimum absolute atomic E-state index is 0.0523. The van der Waals surface area contributed by atoms with Gasteiger partial charge in [0, 0.05) is 24.5 Å². The molecule has 0 aromatic heterocycles. The summed E-state index contributed by atoms with van der Waals surface area (Å²) in [6, 6.07) is 9.66. The second-order valence-electron chi connectivity index (χ2n) is 11.8. The van der Waals surface area contributed by atoms with Crippen LogP contribution in [0.5, 0.6) is 0 Å². The molecule has 2 aromatic carbocycles. The fourth-order valence-electron chi connectivity index (χ4n) is 5.69. The van der Waals surface area contributed by atoms with Crippen molar-refractivity contribution in [2.24, 2.45) is 11.8 Å². The quantitative estimate of drug-likeness (QED) is 0.171. The van der Waals surface area contributed by atoms with Gasteiger partial charge in [-0.25, -0.2) is 4.90 Å². The predicted octanol–water partition coefficient (Wildman–Crippen LogP) is 5.36. The monoisotopic (exact) mass is 508 g/mol. The largest absolute Gasteiger partial charge is 0.417 e. The number of hydrogen-bond donors (Lipinski definition) is 0. The van der Waals surface area contributed by atoms with Crippen LogP contribution in [0, 0.1) is 22.0 Å². The number of nitro groups is 1. The van der Waals surface area contributed by atoms with E-state index >= 15 is 0 Å². The van der Waals surface area contributed by atoms with Crippen molar-refractivity contribution in [3.63, 3.8) is 0 Å². The molecule has 0 saturated carbocycles. The Kier molecular flexibility index (Phi) is 5.38. The molecule has 190 valence electrons. The topological polar surface area (TPSA) is 99.0 Å². The summed E-state index contributed by atoms with van der Waals surface area (Å²) < 4.78 is 12.8. The van der Waals surface area contributed by atoms with E-state index in [1.165, 1.54) is 17.0 Å². The first-order valence-electron chi connectivity index (χ1n) is 12.3. The highest BCUT2D eigenvalue weighted by Gasteiger charge is 2.72. The lowest BCUT2D eigenvalue weighted by Crippen LogP contribution is -2.44. The number of hydrogen-bond acceptors (Lipinski definition) is 6. The highest BCUT2D eigenvalue weighted by molar-refractivity contribution is 6.74. The van der Waals surface area contributed by atoms with Crippen molar-refractivity contribution >= 4 is 42.3 Å². The maximum absolute atomic E-state index is 13.9. The first-order chi connectivity index (χ1) is 16.7. The molecular formula is C27H32N2O6Si. The van der Waals surface area contributed by atoms with Crippen molar-refractivity contribution in [2.75, 3.05) is 11.5 Å². The number of carbonyl (C=O) groups is 2. The summed E-state index contributed by atoms with van der Waals surface area (Å²) in [4.78, 5) is 40.1. The van der Waals surface area contributed by atoms with Crippen LogP contribution in [0.15, 0.2) is 48.6 Å². The third-order valence-corrected chi connectivity index (χ3v) is 13.2. The number of nitrogens with zero attached hydrogens (tertiary/aromatic N) is 2. The molecule has 3 heterocycles. The Balaban J connectivity index is 1.50. The Bertz CT molecular complexity index is 1330. The van der Waals surface area contributed by atoms with Gasteiger partial charge in [0.05, 0.1) is 33.4 Å². The minimum Gasteiger partial charge on any atom is -0.417 e. The van der Waals surface area contributed by atoms with Gasteiger partial charge in [0.1, 0.15) is 5.60 Å². The molecule has 0 aliphatic carbocycles. The molecule has 0 N–H and O–H groups in total. The van der Waals surface area contributed by atoms with Crippen LogP contribution in [0.3, 0.4) is 0 Å². The molecule has 8 nitrogen and oxygen atoms in total. The molecule has 36 heavy (non-hydrogen) atoms. The Hall–Kier alpha value is -2.88. The van der Waals surface area contributed by atoms with E-state index in [9.17, 15) is 19.7 Å². The van der Waals surface area contributed by atoms with E-state index in [2.05, 4.69) is 33.9 Å². The second-order valence-corrected chi connectivity index (χ2v) is 16.6. The van der Waals surface area contributed by atoms with Crippen LogP contribution in [0.4, 0.5) is 11.4 Å². The smallest absolute Gasteiger partial charge is 0.277 e. The lowest BCUT2D eigenvalue weighted by molar-refractivity contribution is -0.383. The fraction of sp³-hybridized carbons (Fsp3) is 0.481. The van der Waals surface area contributed by atoms with Gasteiger partial charge < -0.3 is 9.16 Å². The van der Waals surface area contributed by atoms with Gasteiger partial charge in [0.15, 0.2) is 8.32 Å². The molecule has 0 spiro atoms. The Labute approximate surface area is 211 Å². The lowest BCUT2D eigenvalue weighted by Gasteiger charge is -2.37. The molecule has 3 aliphatic heterocycles. The summed E-state index contributed by atoms with van der Waals surface area (Å²) in [5.41, 5.74) is -1.50. The van der Waals surface area contributed by atoms with Gasteiger partial charge in [-0.15, -0.1) is 0 Å². The third-order valence-electron chi connectivity index (χ3n) is 8.63. The zero-order valence-corrected chi connectivity index (χ0v) is 22.5. The first kappa shape index (κ1) is 24.8. The number of carbonyl (C=O) groups excluding carboxylic acids is 2. The van der Waals surface area contributed by atoms with Gasteiger partial charge in [0.25, 0.3) is 5.69 Å². The highest BCUT2D eigenvalue weighted by atomic mass is 28.4. The SMILES string of the molecule is CC(C)(C)[Si](C)(C)OCC[C@@]12C=C[C@@](C)(O1)[C@H]1C(=O)N(c3ccc([N+](=O)[O-])c4ccccc34)C(=O)[C@H]12. The van der Waals surface area contributed by atoms with Crippen molar-refractivity contribution in [3.05, 3.63) is 58.7 Å². The van der Waals surface area contributed by atoms with Crippen molar-refractivity contribution in [3.8, 4) is 0 Å². The summed E-state index contributed by atoms with van der Waals surface area (Å²) in [7, 11) is -2.00. The van der Waals surface area contributed by atoms with Crippen LogP contribution in [-0.4, -0.2) is 42.9 Å². The Morgan fingerprint density at radius 1 is 1.06 bits per heavy atom. The number of non-ortho nitro benzene ring substituents is 1. The van der Waals surface area contributed by atoms with E-state index in [1.807, 2.05) is 19.1 Å². The van der Waals surface area contributed by atoms with E-state index in [1.54, 1.807) is 24.3 Å². The summed E-state index contributed by atoms with van der Waals surface area (Å²) in [5.74, 6) is -1.98. The number of nitro benzene ring substituents is 1. The van der Waals surface area contributed by atoms with Crippen molar-refractivity contribution in [2.45, 2.75) is 63.5 Å². The van der Waals surface area contributed by atoms with Crippen LogP contribution in [0.25, 0.3) is 10.8 Å². The van der Waals surface area contributed by atoms with Gasteiger partial charge in [-0.3, -0.25) is 19.7 Å². The van der Waals surface area contributed by atoms with E-state index in [4.69, 9.17) is 9.16 Å². The van der Waals surface area contributed by atoms with E-state index in [-0.39, 0.29) is 22.5 Å². The lowest BCUT2D eigenvalue weighted by atomic mass is 9.71. The number of ether oxygens (including phenoxy) is 1. The highest BCUT2D eigenvalue weighted by Crippen LogP contribution is 2.59. The number of amides is 2. The average molecular weight is 509 g/mol. The summed E-state index contributed by atoms with van der Waals surface area (Å²) in [6.07, 6.45) is 4.32. The molecule has 2 fully saturated rings. The minimum atomic E-state index is -2.00. The van der Waals surface area contributed by atoms with Crippen LogP contribution in [-0.2, 0) is 18.8 Å². The predicted molar refractivity (Wildman–Crippen MR) is 139 cm³/mol. The van der Waals surface area contributed by atoms with Gasteiger partial charge in [-0.2, -0.15) is 0 Å². The standard InChI is InChI=1S/C27H32N2O6Si/c1-25(2,3)36(5,6)34-16-15-27-14-13-26(4,35-27)21-22(27)24(31)28(23(21)30)19-11-12-20(29(32)33)18-10-8-7-9-17(18)19/h7-14,21-22H,15-16H2,1-6H3/t21-,22+,26-,27-/m1/s1. The van der Waals surface area contributed by atoms with Gasteiger partial charge in [-0.1, -0.05) is 51.1 Å². The normalized spacial score (nSPS) is 29.4. The average Bonchev–Trinajstić information content (AvgIpc) is 3.36. The molecule has 5 rings (SSSR count). The first-order valence-corrected chi connectivity index (χ1v) is 15.2. The van der Waals surface area contributed by atoms with Crippen molar-refractivity contribution in [1.82, 2.24) is 0 Å². The number of imide groups is 1. The molecular weight excluding hydrogens is 476 g/mol. The van der Waals surface area contributed by atoms with Gasteiger partial charge in [-0.05, 0) is 37.2 Å². The molecule has 2 bridgehead atoms. The molecule has 2 aromatic rings. The maximum atomic E-state index is 13.9. The molecule has 3 aliphatic rings. The van der Waals surface area contributed by atoms with Crippen LogP contribution < -0.4 is 4.90 Å². The van der Waals surface area contributed by atoms with Gasteiger partial charge in [0.2, 0.25) is 11.8 Å². The molecule has 9 heteroatoms. The molecule has 2 saturated heterocycles. The van der Waals surface area contributed by atoms with Crippen molar-refractivity contribution in [1.29, 1.82) is 0 Å². The summed E-state index contributed by atoms with van der Waals surface area (Å²) in [5, 5.41) is 12.5. The molecule has 0 unspecified atom stereocenters. The van der Waals surface area contributed by atoms with Crippen LogP contribution >= 0.6 is 0 Å². The van der Waals surface area contributed by atoms with E-state index in [0.29, 0.717) is 29.5 Å². The molecule has 2 amide bonds. The summed E-state index contributed by atoms with van der Waals surface area (Å²) >= 11 is 0. The van der Waals surface area contributed by atoms with E-state index < -0.39 is 36.3 Å². The second kappa shape index (κ2) is 7.81. The number of fused-ring (bicyclic) bond motifs is 6. The van der Waals surface area contributed by atoms with Crippen LogP contribution in [0.2, 0.25) is 18.1 Å². The number of rotatable bonds is 6. The van der Waals surface area contributed by atoms with Crippen molar-refractivity contribution < 1.29 is 23.7 Å². The molecule has 0 radical (unpaired) electrons. The molecule has 4 atom stereocenters. The number of anilines is 1. The van der Waals surface area contributed by atoms with E-state index in [0.717, 1.165) is 0 Å². The summed E-state index contributed by atoms with van der Waals surface area (Å²) in [6.45, 7) is 13.2. The fourth-order valence-corrected chi connectivity index (χ4v) is 6.73. The zero-order valence-electron chi connectivity index (χ0n) is 21.5.